The maximum Gasteiger partial charge on any atom is 0.234 e. The second-order valence-corrected chi connectivity index (χ2v) is 5.18. The molecule has 1 atom stereocenters. The lowest BCUT2D eigenvalue weighted by Crippen LogP contribution is -2.30. The van der Waals surface area contributed by atoms with Gasteiger partial charge in [0.1, 0.15) is 24.2 Å². The van der Waals surface area contributed by atoms with E-state index in [0.717, 1.165) is 36.4 Å². The third-order valence-electron chi connectivity index (χ3n) is 3.75. The summed E-state index contributed by atoms with van der Waals surface area (Å²) in [6.07, 6.45) is 4.35. The van der Waals surface area contributed by atoms with E-state index in [2.05, 4.69) is 25.2 Å². The van der Waals surface area contributed by atoms with Crippen LogP contribution in [0.5, 0.6) is 0 Å². The Morgan fingerprint density at radius 3 is 3.33 bits per heavy atom. The van der Waals surface area contributed by atoms with Gasteiger partial charge in [-0.25, -0.2) is 9.97 Å². The summed E-state index contributed by atoms with van der Waals surface area (Å²) in [5.41, 5.74) is 0.839. The van der Waals surface area contributed by atoms with Crippen molar-refractivity contribution in [3.63, 3.8) is 0 Å². The zero-order valence-electron chi connectivity index (χ0n) is 11.5. The summed E-state index contributed by atoms with van der Waals surface area (Å²) in [7, 11) is 0. The van der Waals surface area contributed by atoms with E-state index < -0.39 is 0 Å². The number of nitrogens with zero attached hydrogens (tertiary/aromatic N) is 4. The van der Waals surface area contributed by atoms with Crippen molar-refractivity contribution >= 4 is 22.8 Å². The van der Waals surface area contributed by atoms with Crippen molar-refractivity contribution in [2.45, 2.75) is 12.8 Å². The second-order valence-electron chi connectivity index (χ2n) is 5.18. The highest BCUT2D eigenvalue weighted by Crippen LogP contribution is 2.27. The number of hydrogen-bond acceptors (Lipinski definition) is 5. The molecule has 0 aliphatic carbocycles. The molecule has 21 heavy (non-hydrogen) atoms. The summed E-state index contributed by atoms with van der Waals surface area (Å²) in [4.78, 5) is 25.2. The second kappa shape index (κ2) is 5.79. The van der Waals surface area contributed by atoms with Crippen molar-refractivity contribution in [2.75, 3.05) is 24.5 Å². The Balaban J connectivity index is 1.63. The average Bonchev–Trinajstić information content (AvgIpc) is 3.14. The Bertz CT molecular complexity index is 688. The molecule has 1 aliphatic rings. The number of aromatic nitrogens is 3. The van der Waals surface area contributed by atoms with E-state index in [1.54, 1.807) is 6.33 Å². The summed E-state index contributed by atoms with van der Waals surface area (Å²) in [5.74, 6) is 1.12. The topological polar surface area (TPSA) is 97.7 Å². The maximum atomic E-state index is 11.3. The predicted molar refractivity (Wildman–Crippen MR) is 77.4 cm³/mol. The Hall–Kier alpha value is -2.62. The quantitative estimate of drug-likeness (QED) is 0.866. The van der Waals surface area contributed by atoms with Gasteiger partial charge in [0.25, 0.3) is 0 Å². The number of nitrogens with one attached hydrogen (secondary N) is 2. The number of carbonyl (C=O) groups is 1. The van der Waals surface area contributed by atoms with Gasteiger partial charge in [-0.3, -0.25) is 4.79 Å². The van der Waals surface area contributed by atoms with Gasteiger partial charge >= 0.3 is 0 Å². The van der Waals surface area contributed by atoms with Gasteiger partial charge in [-0.2, -0.15) is 5.26 Å². The minimum atomic E-state index is -0.203. The van der Waals surface area contributed by atoms with Crippen LogP contribution in [0.25, 0.3) is 11.0 Å². The fraction of sp³-hybridized carbons (Fsp3) is 0.429. The minimum Gasteiger partial charge on any atom is -0.356 e. The Labute approximate surface area is 122 Å². The minimum absolute atomic E-state index is 0.0771. The summed E-state index contributed by atoms with van der Waals surface area (Å²) >= 11 is 0. The highest BCUT2D eigenvalue weighted by atomic mass is 16.1. The lowest BCUT2D eigenvalue weighted by molar-refractivity contribution is -0.120. The lowest BCUT2D eigenvalue weighted by Gasteiger charge is -2.18. The molecule has 1 aliphatic heterocycles. The summed E-state index contributed by atoms with van der Waals surface area (Å²) in [6, 6.07) is 3.83. The largest absolute Gasteiger partial charge is 0.356 e. The van der Waals surface area contributed by atoms with Crippen LogP contribution < -0.4 is 10.2 Å². The van der Waals surface area contributed by atoms with Crippen molar-refractivity contribution in [1.29, 1.82) is 5.26 Å². The number of amides is 1. The monoisotopic (exact) mass is 284 g/mol. The predicted octanol–water partition coefficient (Wildman–Crippen LogP) is 0.814. The molecule has 2 aromatic rings. The molecule has 7 heteroatoms. The first kappa shape index (κ1) is 13.4. The van der Waals surface area contributed by atoms with Gasteiger partial charge in [-0.15, -0.1) is 0 Å². The standard InChI is InChI=1S/C14H16N6O/c15-4-1-12(21)17-7-10-3-6-20(8-10)14-11-2-5-16-13(11)18-9-19-14/h2,5,9-10H,1,3,6-8H2,(H,17,21)(H,16,18,19). The molecule has 0 aromatic carbocycles. The lowest BCUT2D eigenvalue weighted by atomic mass is 10.1. The van der Waals surface area contributed by atoms with Crippen molar-refractivity contribution < 1.29 is 4.79 Å². The fourth-order valence-electron chi connectivity index (χ4n) is 2.69. The smallest absolute Gasteiger partial charge is 0.234 e. The molecule has 3 heterocycles. The molecule has 0 saturated carbocycles. The maximum absolute atomic E-state index is 11.3. The van der Waals surface area contributed by atoms with Crippen molar-refractivity contribution in [2.24, 2.45) is 5.92 Å². The third-order valence-corrected chi connectivity index (χ3v) is 3.75. The van der Waals surface area contributed by atoms with Crippen LogP contribution in [-0.4, -0.2) is 40.5 Å². The zero-order chi connectivity index (χ0) is 14.7. The first-order valence-electron chi connectivity index (χ1n) is 6.94. The molecule has 108 valence electrons. The number of fused-ring (bicyclic) bond motifs is 1. The van der Waals surface area contributed by atoms with Gasteiger partial charge in [0.05, 0.1) is 11.5 Å². The zero-order valence-corrected chi connectivity index (χ0v) is 11.5. The molecule has 1 unspecified atom stereocenters. The highest BCUT2D eigenvalue weighted by molar-refractivity contribution is 5.87. The summed E-state index contributed by atoms with van der Waals surface area (Å²) < 4.78 is 0. The van der Waals surface area contributed by atoms with E-state index >= 15 is 0 Å². The third kappa shape index (κ3) is 2.79. The molecule has 1 amide bonds. The summed E-state index contributed by atoms with van der Waals surface area (Å²) in [6.45, 7) is 2.37. The molecule has 1 saturated heterocycles. The molecule has 0 radical (unpaired) electrons. The van der Waals surface area contributed by atoms with Crippen molar-refractivity contribution in [1.82, 2.24) is 20.3 Å². The number of hydrogen-bond donors (Lipinski definition) is 2. The van der Waals surface area contributed by atoms with Gasteiger partial charge in [-0.1, -0.05) is 0 Å². The number of carbonyl (C=O) groups excluding carboxylic acids is 1. The molecule has 2 N–H and O–H groups in total. The van der Waals surface area contributed by atoms with Gasteiger partial charge in [0.15, 0.2) is 0 Å². The molecule has 7 nitrogen and oxygen atoms in total. The molecule has 2 aromatic heterocycles. The van der Waals surface area contributed by atoms with Crippen molar-refractivity contribution in [3.8, 4) is 6.07 Å². The van der Waals surface area contributed by atoms with Crippen molar-refractivity contribution in [3.05, 3.63) is 18.6 Å². The summed E-state index contributed by atoms with van der Waals surface area (Å²) in [5, 5.41) is 12.3. The van der Waals surface area contributed by atoms with Gasteiger partial charge in [0, 0.05) is 25.8 Å². The SMILES string of the molecule is N#CCC(=O)NCC1CCN(c2ncnc3[nH]ccc23)C1. The fourth-order valence-corrected chi connectivity index (χ4v) is 2.69. The van der Waals surface area contributed by atoms with E-state index in [-0.39, 0.29) is 12.3 Å². The van der Waals surface area contributed by atoms with Crippen LogP contribution in [0.2, 0.25) is 0 Å². The Kier molecular flexibility index (Phi) is 3.69. The Morgan fingerprint density at radius 2 is 2.48 bits per heavy atom. The number of aromatic amines is 1. The number of H-pyrrole nitrogens is 1. The van der Waals surface area contributed by atoms with Gasteiger partial charge < -0.3 is 15.2 Å². The van der Waals surface area contributed by atoms with Gasteiger partial charge in [0.2, 0.25) is 5.91 Å². The van der Waals surface area contributed by atoms with E-state index in [0.29, 0.717) is 12.5 Å². The van der Waals surface area contributed by atoms with E-state index in [1.165, 1.54) is 0 Å². The average molecular weight is 284 g/mol. The molecule has 3 rings (SSSR count). The normalized spacial score (nSPS) is 17.9. The molecule has 1 fully saturated rings. The first-order valence-corrected chi connectivity index (χ1v) is 6.94. The van der Waals surface area contributed by atoms with Crippen LogP contribution in [0.3, 0.4) is 0 Å². The van der Waals surface area contributed by atoms with E-state index in [1.807, 2.05) is 18.3 Å². The molecular weight excluding hydrogens is 268 g/mol. The molecular formula is C14H16N6O. The van der Waals surface area contributed by atoms with Crippen LogP contribution in [-0.2, 0) is 4.79 Å². The van der Waals surface area contributed by atoms with E-state index in [4.69, 9.17) is 5.26 Å². The first-order chi connectivity index (χ1) is 10.3. The molecule has 0 bridgehead atoms. The number of nitriles is 1. The van der Waals surface area contributed by atoms with Crippen LogP contribution in [0.4, 0.5) is 5.82 Å². The van der Waals surface area contributed by atoms with E-state index in [9.17, 15) is 4.79 Å². The number of rotatable bonds is 4. The Morgan fingerprint density at radius 1 is 1.57 bits per heavy atom. The highest BCUT2D eigenvalue weighted by Gasteiger charge is 2.25. The van der Waals surface area contributed by atoms with Crippen LogP contribution in [0.1, 0.15) is 12.8 Å². The van der Waals surface area contributed by atoms with Crippen LogP contribution in [0, 0.1) is 17.2 Å². The van der Waals surface area contributed by atoms with Gasteiger partial charge in [-0.05, 0) is 18.4 Å². The molecule has 0 spiro atoms. The number of anilines is 1. The van der Waals surface area contributed by atoms with Crippen LogP contribution in [0.15, 0.2) is 18.6 Å². The van der Waals surface area contributed by atoms with Crippen LogP contribution >= 0.6 is 0 Å².